The third-order valence-electron chi connectivity index (χ3n) is 2.92. The van der Waals surface area contributed by atoms with Crippen molar-refractivity contribution in [3.8, 4) is 0 Å². The van der Waals surface area contributed by atoms with E-state index in [4.69, 9.17) is 4.74 Å². The normalized spacial score (nSPS) is 12.6. The van der Waals surface area contributed by atoms with Gasteiger partial charge in [-0.2, -0.15) is 13.2 Å². The number of carbonyl (C=O) groups is 2. The van der Waals surface area contributed by atoms with Gasteiger partial charge in [0.2, 0.25) is 0 Å². The second-order valence-corrected chi connectivity index (χ2v) is 4.59. The van der Waals surface area contributed by atoms with Crippen molar-refractivity contribution in [2.45, 2.75) is 19.2 Å². The molecule has 5 nitrogen and oxygen atoms in total. The van der Waals surface area contributed by atoms with E-state index in [2.05, 4.69) is 5.32 Å². The van der Waals surface area contributed by atoms with Crippen molar-refractivity contribution < 1.29 is 27.5 Å². The fourth-order valence-electron chi connectivity index (χ4n) is 1.79. The lowest BCUT2D eigenvalue weighted by atomic mass is 10.0. The molecule has 1 unspecified atom stereocenters. The van der Waals surface area contributed by atoms with E-state index < -0.39 is 30.6 Å². The van der Waals surface area contributed by atoms with Gasteiger partial charge in [-0.1, -0.05) is 24.3 Å². The molecule has 0 saturated carbocycles. The maximum absolute atomic E-state index is 11.9. The molecule has 1 atom stereocenters. The summed E-state index contributed by atoms with van der Waals surface area (Å²) in [6.45, 7) is 0.281. The van der Waals surface area contributed by atoms with Crippen LogP contribution in [0, 0.1) is 6.92 Å². The highest BCUT2D eigenvalue weighted by Crippen LogP contribution is 2.19. The van der Waals surface area contributed by atoms with Crippen molar-refractivity contribution in [2.24, 2.45) is 0 Å². The summed E-state index contributed by atoms with van der Waals surface area (Å²) in [6.07, 6.45) is -5.06. The monoisotopic (exact) mass is 318 g/mol. The van der Waals surface area contributed by atoms with Crippen LogP contribution in [-0.4, -0.2) is 38.2 Å². The molecule has 0 heterocycles. The fourth-order valence-corrected chi connectivity index (χ4v) is 1.79. The van der Waals surface area contributed by atoms with Gasteiger partial charge in [-0.3, -0.25) is 9.59 Å². The van der Waals surface area contributed by atoms with Crippen LogP contribution in [0.4, 0.5) is 13.2 Å². The molecule has 0 fully saturated rings. The van der Waals surface area contributed by atoms with Crippen LogP contribution in [0.3, 0.4) is 0 Å². The summed E-state index contributed by atoms with van der Waals surface area (Å²) in [5.41, 5.74) is 1.76. The first kappa shape index (κ1) is 18.0. The number of carbonyl (C=O) groups excluding carboxylic acids is 2. The summed E-state index contributed by atoms with van der Waals surface area (Å²) >= 11 is 0. The zero-order valence-corrected chi connectivity index (χ0v) is 12.2. The molecule has 0 aromatic heterocycles. The SMILES string of the molecule is COC(CNC(=O)C(=O)NCC(F)(F)F)c1ccccc1C. The average molecular weight is 318 g/mol. The highest BCUT2D eigenvalue weighted by Gasteiger charge is 2.29. The molecule has 0 aliphatic carbocycles. The molecule has 0 aliphatic rings. The standard InChI is InChI=1S/C14H17F3N2O3/c1-9-5-3-4-6-10(9)11(22-2)7-18-12(20)13(21)19-8-14(15,16)17/h3-6,11H,7-8H2,1-2H3,(H,18,20)(H,19,21). The Labute approximate surface area is 125 Å². The van der Waals surface area contributed by atoms with E-state index in [1.807, 2.05) is 19.1 Å². The highest BCUT2D eigenvalue weighted by atomic mass is 19.4. The molecule has 0 spiro atoms. The van der Waals surface area contributed by atoms with Gasteiger partial charge in [0.05, 0.1) is 6.10 Å². The third-order valence-corrected chi connectivity index (χ3v) is 2.92. The van der Waals surface area contributed by atoms with Crippen molar-refractivity contribution in [3.05, 3.63) is 35.4 Å². The number of hydrogen-bond donors (Lipinski definition) is 2. The quantitative estimate of drug-likeness (QED) is 0.808. The van der Waals surface area contributed by atoms with Crippen molar-refractivity contribution in [2.75, 3.05) is 20.2 Å². The largest absolute Gasteiger partial charge is 0.405 e. The van der Waals surface area contributed by atoms with Gasteiger partial charge in [0, 0.05) is 13.7 Å². The van der Waals surface area contributed by atoms with E-state index in [9.17, 15) is 22.8 Å². The van der Waals surface area contributed by atoms with E-state index in [0.29, 0.717) is 0 Å². The minimum absolute atomic E-state index is 0.0282. The fraction of sp³-hybridized carbons (Fsp3) is 0.429. The first-order valence-corrected chi connectivity index (χ1v) is 6.45. The number of ether oxygens (including phenoxy) is 1. The lowest BCUT2D eigenvalue weighted by Crippen LogP contribution is -2.44. The highest BCUT2D eigenvalue weighted by molar-refractivity contribution is 6.35. The molecule has 8 heteroatoms. The van der Waals surface area contributed by atoms with Crippen LogP contribution in [0.5, 0.6) is 0 Å². The molecule has 122 valence electrons. The molecule has 2 amide bonds. The number of aryl methyl sites for hydroxylation is 1. The summed E-state index contributed by atoms with van der Waals surface area (Å²) in [5.74, 6) is -2.48. The minimum Gasteiger partial charge on any atom is -0.375 e. The van der Waals surface area contributed by atoms with Crippen LogP contribution in [0.1, 0.15) is 17.2 Å². The first-order chi connectivity index (χ1) is 10.2. The molecule has 0 aliphatic heterocycles. The maximum atomic E-state index is 11.9. The number of halogens is 3. The molecule has 1 aromatic rings. The Morgan fingerprint density at radius 2 is 1.77 bits per heavy atom. The summed E-state index contributed by atoms with van der Waals surface area (Å²) in [7, 11) is 1.44. The van der Waals surface area contributed by atoms with Crippen LogP contribution in [0.15, 0.2) is 24.3 Å². The summed E-state index contributed by atoms with van der Waals surface area (Å²) in [5, 5.41) is 3.75. The topological polar surface area (TPSA) is 67.4 Å². The Morgan fingerprint density at radius 3 is 2.32 bits per heavy atom. The second kappa shape index (κ2) is 7.79. The summed E-state index contributed by atoms with van der Waals surface area (Å²) in [6, 6.07) is 7.31. The van der Waals surface area contributed by atoms with Gasteiger partial charge in [0.1, 0.15) is 6.54 Å². The minimum atomic E-state index is -4.56. The van der Waals surface area contributed by atoms with Gasteiger partial charge < -0.3 is 15.4 Å². The lowest BCUT2D eigenvalue weighted by molar-refractivity contribution is -0.146. The van der Waals surface area contributed by atoms with E-state index >= 15 is 0 Å². The van der Waals surface area contributed by atoms with Crippen molar-refractivity contribution in [3.63, 3.8) is 0 Å². The van der Waals surface area contributed by atoms with Crippen LogP contribution >= 0.6 is 0 Å². The maximum Gasteiger partial charge on any atom is 0.405 e. The molecule has 1 aromatic carbocycles. The Bertz CT molecular complexity index is 532. The molecule has 0 bridgehead atoms. The predicted molar refractivity (Wildman–Crippen MR) is 73.0 cm³/mol. The van der Waals surface area contributed by atoms with E-state index in [-0.39, 0.29) is 6.54 Å². The van der Waals surface area contributed by atoms with Gasteiger partial charge in [-0.05, 0) is 18.1 Å². The van der Waals surface area contributed by atoms with Gasteiger partial charge >= 0.3 is 18.0 Å². The van der Waals surface area contributed by atoms with Crippen molar-refractivity contribution in [1.82, 2.24) is 10.6 Å². The zero-order chi connectivity index (χ0) is 16.8. The number of methoxy groups -OCH3 is 1. The van der Waals surface area contributed by atoms with Crippen molar-refractivity contribution in [1.29, 1.82) is 0 Å². The molecular formula is C14H17F3N2O3. The van der Waals surface area contributed by atoms with Crippen LogP contribution < -0.4 is 10.6 Å². The Morgan fingerprint density at radius 1 is 1.18 bits per heavy atom. The summed E-state index contributed by atoms with van der Waals surface area (Å²) < 4.78 is 41.1. The van der Waals surface area contributed by atoms with Gasteiger partial charge in [0.15, 0.2) is 0 Å². The first-order valence-electron chi connectivity index (χ1n) is 6.45. The Balaban J connectivity index is 2.55. The van der Waals surface area contributed by atoms with E-state index in [0.717, 1.165) is 11.1 Å². The van der Waals surface area contributed by atoms with E-state index in [1.54, 1.807) is 12.1 Å². The number of rotatable bonds is 5. The lowest BCUT2D eigenvalue weighted by Gasteiger charge is -2.18. The molecule has 0 radical (unpaired) electrons. The van der Waals surface area contributed by atoms with Crippen molar-refractivity contribution >= 4 is 11.8 Å². The van der Waals surface area contributed by atoms with Crippen LogP contribution in [0.2, 0.25) is 0 Å². The van der Waals surface area contributed by atoms with Gasteiger partial charge in [-0.15, -0.1) is 0 Å². The smallest absolute Gasteiger partial charge is 0.375 e. The third kappa shape index (κ3) is 5.72. The molecule has 22 heavy (non-hydrogen) atoms. The number of alkyl halides is 3. The zero-order valence-electron chi connectivity index (χ0n) is 12.2. The number of benzene rings is 1. The molecule has 0 saturated heterocycles. The summed E-state index contributed by atoms with van der Waals surface area (Å²) in [4.78, 5) is 22.7. The van der Waals surface area contributed by atoms with Crippen LogP contribution in [-0.2, 0) is 14.3 Å². The Hall–Kier alpha value is -2.09. The molecule has 1 rings (SSSR count). The predicted octanol–water partition coefficient (Wildman–Crippen LogP) is 1.48. The second-order valence-electron chi connectivity index (χ2n) is 4.59. The molecular weight excluding hydrogens is 301 g/mol. The number of amides is 2. The van der Waals surface area contributed by atoms with Gasteiger partial charge in [-0.25, -0.2) is 0 Å². The number of nitrogens with one attached hydrogen (secondary N) is 2. The van der Waals surface area contributed by atoms with E-state index in [1.165, 1.54) is 12.4 Å². The number of hydrogen-bond acceptors (Lipinski definition) is 3. The Kier molecular flexibility index (Phi) is 6.36. The van der Waals surface area contributed by atoms with Crippen LogP contribution in [0.25, 0.3) is 0 Å². The average Bonchev–Trinajstić information content (AvgIpc) is 2.46. The van der Waals surface area contributed by atoms with Gasteiger partial charge in [0.25, 0.3) is 0 Å². The molecule has 2 N–H and O–H groups in total.